The number of aromatic nitrogens is 4. The van der Waals surface area contributed by atoms with Crippen LogP contribution in [0.1, 0.15) is 35.3 Å². The molecule has 24 nitrogen and oxygen atoms in total. The number of nitrogen functional groups attached to an aromatic ring is 1. The zero-order valence-corrected chi connectivity index (χ0v) is 38.8. The minimum atomic E-state index is -1.30. The molecule has 70 heavy (non-hydrogen) atoms. The lowest BCUT2D eigenvalue weighted by Crippen LogP contribution is -2.58. The van der Waals surface area contributed by atoms with Gasteiger partial charge in [0.2, 0.25) is 17.8 Å². The van der Waals surface area contributed by atoms with Crippen molar-refractivity contribution in [1.82, 2.24) is 35.9 Å². The minimum Gasteiger partial charge on any atom is -0.480 e. The van der Waals surface area contributed by atoms with Crippen LogP contribution in [0.4, 0.5) is 11.6 Å². The van der Waals surface area contributed by atoms with Crippen LogP contribution in [0.15, 0.2) is 35.3 Å². The molecule has 3 aromatic rings. The molecule has 0 bridgehead atoms. The molecule has 0 aliphatic carbocycles. The van der Waals surface area contributed by atoms with Crippen LogP contribution >= 0.6 is 0 Å². The number of aliphatic carboxylic acids is 1. The molecule has 3 amide bonds. The third kappa shape index (κ3) is 23.9. The number of carboxylic acids is 1. The number of carboxylic acid groups (broad SMARTS) is 1. The SMILES string of the molecule is C#CCOCC(COC#C)(COCC#C)NC(=O)CCOCCOCCOCCOCCOCCOCCNC(=O)CC[C@H](NC(=O)c1ccc(NCc2cnc3nc(N)[nH]c(=O)c3n2)cc1)C(=O)O. The largest absolute Gasteiger partial charge is 0.480 e. The number of carbonyl (C=O) groups excluding carboxylic acids is 3. The van der Waals surface area contributed by atoms with Crippen LogP contribution in [0, 0.1) is 37.2 Å². The van der Waals surface area contributed by atoms with E-state index in [1.165, 1.54) is 18.3 Å². The zero-order chi connectivity index (χ0) is 50.7. The molecule has 0 spiro atoms. The fourth-order valence-electron chi connectivity index (χ4n) is 5.86. The lowest BCUT2D eigenvalue weighted by Gasteiger charge is -2.32. The van der Waals surface area contributed by atoms with E-state index in [0.717, 1.165) is 0 Å². The van der Waals surface area contributed by atoms with Crippen molar-refractivity contribution >= 4 is 46.5 Å². The number of nitrogens with one attached hydrogen (secondary N) is 5. The summed E-state index contributed by atoms with van der Waals surface area (Å²) in [6.45, 7) is 4.05. The highest BCUT2D eigenvalue weighted by molar-refractivity contribution is 5.97. The van der Waals surface area contributed by atoms with Gasteiger partial charge < -0.3 is 74.7 Å². The fourth-order valence-corrected chi connectivity index (χ4v) is 5.86. The van der Waals surface area contributed by atoms with Gasteiger partial charge in [-0.05, 0) is 30.7 Å². The van der Waals surface area contributed by atoms with Crippen molar-refractivity contribution < 1.29 is 66.9 Å². The van der Waals surface area contributed by atoms with Crippen LogP contribution in [0.3, 0.4) is 0 Å². The number of terminal acetylenes is 3. The number of H-pyrrole nitrogens is 1. The lowest BCUT2D eigenvalue weighted by molar-refractivity contribution is -0.139. The highest BCUT2D eigenvalue weighted by Gasteiger charge is 2.34. The number of hydrogen-bond donors (Lipinski definition) is 7. The van der Waals surface area contributed by atoms with Gasteiger partial charge in [0.25, 0.3) is 11.5 Å². The van der Waals surface area contributed by atoms with Crippen LogP contribution in [0.5, 0.6) is 0 Å². The van der Waals surface area contributed by atoms with Gasteiger partial charge in [0, 0.05) is 30.6 Å². The first-order chi connectivity index (χ1) is 34.0. The van der Waals surface area contributed by atoms with E-state index in [2.05, 4.69) is 59.2 Å². The van der Waals surface area contributed by atoms with E-state index < -0.39 is 34.9 Å². The third-order valence-corrected chi connectivity index (χ3v) is 9.24. The Kier molecular flexibility index (Phi) is 28.2. The highest BCUT2D eigenvalue weighted by Crippen LogP contribution is 2.13. The summed E-state index contributed by atoms with van der Waals surface area (Å²) in [5.74, 6) is 2.01. The molecule has 1 aromatic carbocycles. The minimum absolute atomic E-state index is 0.00779. The van der Waals surface area contributed by atoms with Crippen LogP contribution in [0.25, 0.3) is 11.2 Å². The Morgan fingerprint density at radius 1 is 0.743 bits per heavy atom. The first-order valence-electron chi connectivity index (χ1n) is 22.0. The van der Waals surface area contributed by atoms with Crippen molar-refractivity contribution in [1.29, 1.82) is 0 Å². The maximum atomic E-state index is 12.8. The summed E-state index contributed by atoms with van der Waals surface area (Å²) in [6, 6.07) is 4.97. The first-order valence-corrected chi connectivity index (χ1v) is 22.0. The predicted octanol–water partition coefficient (Wildman–Crippen LogP) is -0.762. The average Bonchev–Trinajstić information content (AvgIpc) is 3.34. The van der Waals surface area contributed by atoms with Crippen molar-refractivity contribution in [2.45, 2.75) is 37.4 Å². The molecule has 0 aliphatic rings. The van der Waals surface area contributed by atoms with E-state index >= 15 is 0 Å². The molecular weight excluding hydrogens is 919 g/mol. The van der Waals surface area contributed by atoms with Gasteiger partial charge in [-0.3, -0.25) is 24.2 Å². The van der Waals surface area contributed by atoms with Crippen LogP contribution in [0.2, 0.25) is 0 Å². The average molecular weight is 980 g/mol. The highest BCUT2D eigenvalue weighted by atomic mass is 16.6. The van der Waals surface area contributed by atoms with Crippen molar-refractivity contribution in [2.75, 3.05) is 130 Å². The molecule has 3 rings (SSSR count). The van der Waals surface area contributed by atoms with Crippen LogP contribution in [-0.4, -0.2) is 179 Å². The molecule has 0 radical (unpaired) electrons. The molecule has 0 saturated carbocycles. The van der Waals surface area contributed by atoms with E-state index in [-0.39, 0.29) is 120 Å². The number of hydrogen-bond acceptors (Lipinski definition) is 19. The summed E-state index contributed by atoms with van der Waals surface area (Å²) in [7, 11) is 0. The summed E-state index contributed by atoms with van der Waals surface area (Å²) >= 11 is 0. The molecular formula is C46H61N9O15. The Morgan fingerprint density at radius 3 is 1.87 bits per heavy atom. The maximum absolute atomic E-state index is 12.8. The Balaban J connectivity index is 1.12. The van der Waals surface area contributed by atoms with Gasteiger partial charge in [-0.25, -0.2) is 14.8 Å². The molecule has 24 heteroatoms. The lowest BCUT2D eigenvalue weighted by atomic mass is 10.0. The molecule has 8 N–H and O–H groups in total. The summed E-state index contributed by atoms with van der Waals surface area (Å²) < 4.78 is 48.8. The number of fused-ring (bicyclic) bond motifs is 1. The van der Waals surface area contributed by atoms with Gasteiger partial charge in [-0.15, -0.1) is 12.8 Å². The van der Waals surface area contributed by atoms with Crippen molar-refractivity contribution in [3.63, 3.8) is 0 Å². The Bertz CT molecular complexity index is 2220. The molecule has 380 valence electrons. The second-order valence-corrected chi connectivity index (χ2v) is 14.7. The number of carbonyl (C=O) groups is 4. The first kappa shape index (κ1) is 57.4. The van der Waals surface area contributed by atoms with Crippen molar-refractivity contribution in [3.8, 4) is 37.2 Å². The summed E-state index contributed by atoms with van der Waals surface area (Å²) in [6.07, 6.45) is 19.1. The third-order valence-electron chi connectivity index (χ3n) is 9.24. The molecule has 0 fully saturated rings. The number of rotatable bonds is 39. The summed E-state index contributed by atoms with van der Waals surface area (Å²) in [5.41, 5.74) is 5.39. The molecule has 0 saturated heterocycles. The van der Waals surface area contributed by atoms with Crippen LogP contribution in [-0.2, 0) is 63.6 Å². The maximum Gasteiger partial charge on any atom is 0.326 e. The van der Waals surface area contributed by atoms with Crippen molar-refractivity contribution in [2.24, 2.45) is 0 Å². The quantitative estimate of drug-likeness (QED) is 0.0273. The monoisotopic (exact) mass is 979 g/mol. The number of nitrogens with zero attached hydrogens (tertiary/aromatic N) is 3. The Labute approximate surface area is 405 Å². The van der Waals surface area contributed by atoms with Gasteiger partial charge in [0.05, 0.1) is 111 Å². The van der Waals surface area contributed by atoms with E-state index in [9.17, 15) is 29.1 Å². The molecule has 2 heterocycles. The number of anilines is 2. The Morgan fingerprint density at radius 2 is 1.31 bits per heavy atom. The van der Waals surface area contributed by atoms with E-state index in [4.69, 9.17) is 67.6 Å². The Hall–Kier alpha value is -6.92. The topological polar surface area (TPSA) is 317 Å². The molecule has 0 aliphatic heterocycles. The second-order valence-electron chi connectivity index (χ2n) is 14.7. The van der Waals surface area contributed by atoms with E-state index in [1.54, 1.807) is 12.1 Å². The van der Waals surface area contributed by atoms with Gasteiger partial charge >= 0.3 is 5.97 Å². The zero-order valence-electron chi connectivity index (χ0n) is 38.8. The molecule has 0 unspecified atom stereocenters. The van der Waals surface area contributed by atoms with Crippen LogP contribution < -0.4 is 32.6 Å². The van der Waals surface area contributed by atoms with Gasteiger partial charge in [0.1, 0.15) is 37.5 Å². The number of ether oxygens (including phenoxy) is 9. The smallest absolute Gasteiger partial charge is 0.326 e. The van der Waals surface area contributed by atoms with E-state index in [0.29, 0.717) is 64.2 Å². The second kappa shape index (κ2) is 34.4. The summed E-state index contributed by atoms with van der Waals surface area (Å²) in [5, 5.41) is 20.7. The standard InChI is InChI=1S/C46H61N9O15/c1-4-15-69-32-46(31-62-6-3,33-70-16-5-2)55-39(57)13-17-63-19-21-65-23-25-67-27-28-68-26-24-66-22-20-64-18-14-48-38(56)12-11-37(44(60)61)52-42(58)34-7-9-35(10-8-34)49-29-36-30-50-41-40(51-36)43(59)54-45(47)53-41/h1-3,7-10,30,37,49H,11-29,31-33H2,(H,48,56)(H,52,58)(H,55,57)(H,60,61)(H3,47,50,53,54,59)/t37-/m0/s1. The normalized spacial score (nSPS) is 11.4. The summed E-state index contributed by atoms with van der Waals surface area (Å²) in [4.78, 5) is 76.4. The number of benzene rings is 1. The number of amides is 3. The van der Waals surface area contributed by atoms with Crippen molar-refractivity contribution in [3.05, 3.63) is 52.1 Å². The number of aromatic amines is 1. The van der Waals surface area contributed by atoms with E-state index in [1.807, 2.05) is 0 Å². The molecule has 2 aromatic heterocycles. The van der Waals surface area contributed by atoms with Gasteiger partial charge in [0.15, 0.2) is 11.2 Å². The number of nitrogens with two attached hydrogens (primary N) is 1. The van der Waals surface area contributed by atoms with Gasteiger partial charge in [-0.1, -0.05) is 18.3 Å². The van der Waals surface area contributed by atoms with Gasteiger partial charge in [-0.2, -0.15) is 4.98 Å². The molecule has 1 atom stereocenters. The predicted molar refractivity (Wildman–Crippen MR) is 252 cm³/mol. The fraction of sp³-hybridized carbons (Fsp3) is 0.522.